The molecule has 0 atom stereocenters. The number of nitrogens with two attached hydrogens (primary N) is 1. The highest BCUT2D eigenvalue weighted by Gasteiger charge is 2.16. The van der Waals surface area contributed by atoms with Crippen LogP contribution in [0.25, 0.3) is 5.69 Å². The predicted octanol–water partition coefficient (Wildman–Crippen LogP) is 3.19. The Morgan fingerprint density at radius 2 is 1.90 bits per heavy atom. The van der Waals surface area contributed by atoms with Crippen molar-refractivity contribution in [2.45, 2.75) is 20.3 Å². The largest absolute Gasteiger partial charge is 0.484 e. The minimum absolute atomic E-state index is 0.178. The molecule has 0 bridgehead atoms. The lowest BCUT2D eigenvalue weighted by Crippen LogP contribution is -2.20. The van der Waals surface area contributed by atoms with Crippen LogP contribution in [0.3, 0.4) is 0 Å². The molecule has 7 nitrogen and oxygen atoms in total. The van der Waals surface area contributed by atoms with Crippen molar-refractivity contribution in [3.05, 3.63) is 70.5 Å². The van der Waals surface area contributed by atoms with Crippen molar-refractivity contribution in [2.75, 3.05) is 11.9 Å². The van der Waals surface area contributed by atoms with E-state index in [2.05, 4.69) is 10.4 Å². The standard InChI is InChI=1S/C21H21ClN4O3/c1-13-19(14(2)26(25-13)17-8-6-15(22)7-9-17)11-21(28)24-16-4-3-5-18(10-16)29-12-20(23)27/h3-10H,11-12H2,1-2H3,(H2,23,27)(H,24,28). The van der Waals surface area contributed by atoms with Crippen LogP contribution in [0, 0.1) is 13.8 Å². The molecule has 0 spiro atoms. The summed E-state index contributed by atoms with van der Waals surface area (Å²) < 4.78 is 7.06. The SMILES string of the molecule is Cc1nn(-c2ccc(Cl)cc2)c(C)c1CC(=O)Nc1cccc(OCC(N)=O)c1. The predicted molar refractivity (Wildman–Crippen MR) is 112 cm³/mol. The van der Waals surface area contributed by atoms with E-state index in [0.717, 1.165) is 22.6 Å². The summed E-state index contributed by atoms with van der Waals surface area (Å²) in [5.74, 6) is -0.300. The average molecular weight is 413 g/mol. The van der Waals surface area contributed by atoms with Crippen molar-refractivity contribution in [2.24, 2.45) is 5.73 Å². The van der Waals surface area contributed by atoms with Crippen LogP contribution in [0.5, 0.6) is 5.75 Å². The first-order valence-corrected chi connectivity index (χ1v) is 9.33. The normalized spacial score (nSPS) is 10.6. The number of ether oxygens (including phenoxy) is 1. The topological polar surface area (TPSA) is 99.2 Å². The molecule has 8 heteroatoms. The molecule has 1 heterocycles. The molecule has 0 radical (unpaired) electrons. The molecule has 0 unspecified atom stereocenters. The van der Waals surface area contributed by atoms with Crippen LogP contribution in [0.1, 0.15) is 17.0 Å². The molecule has 3 rings (SSSR count). The molecular formula is C21H21ClN4O3. The summed E-state index contributed by atoms with van der Waals surface area (Å²) in [7, 11) is 0. The summed E-state index contributed by atoms with van der Waals surface area (Å²) in [5.41, 5.74) is 9.05. The number of aryl methyl sites for hydroxylation is 1. The minimum Gasteiger partial charge on any atom is -0.484 e. The number of halogens is 1. The summed E-state index contributed by atoms with van der Waals surface area (Å²) in [4.78, 5) is 23.4. The maximum absolute atomic E-state index is 12.6. The summed E-state index contributed by atoms with van der Waals surface area (Å²) in [6.07, 6.45) is 0.178. The molecule has 29 heavy (non-hydrogen) atoms. The maximum Gasteiger partial charge on any atom is 0.255 e. The van der Waals surface area contributed by atoms with E-state index < -0.39 is 5.91 Å². The van der Waals surface area contributed by atoms with Crippen molar-refractivity contribution in [3.8, 4) is 11.4 Å². The van der Waals surface area contributed by atoms with Gasteiger partial charge in [0.15, 0.2) is 6.61 Å². The zero-order valence-corrected chi connectivity index (χ0v) is 16.9. The quantitative estimate of drug-likeness (QED) is 0.622. The number of nitrogens with one attached hydrogen (secondary N) is 1. The summed E-state index contributed by atoms with van der Waals surface area (Å²) >= 11 is 5.95. The van der Waals surface area contributed by atoms with Crippen LogP contribution < -0.4 is 15.8 Å². The van der Waals surface area contributed by atoms with Crippen molar-refractivity contribution in [1.29, 1.82) is 0 Å². The van der Waals surface area contributed by atoms with Gasteiger partial charge in [-0.1, -0.05) is 17.7 Å². The summed E-state index contributed by atoms with van der Waals surface area (Å²) in [6, 6.07) is 14.1. The van der Waals surface area contributed by atoms with Crippen LogP contribution in [-0.4, -0.2) is 28.2 Å². The number of carbonyl (C=O) groups is 2. The summed E-state index contributed by atoms with van der Waals surface area (Å²) in [5, 5.41) is 8.04. The van der Waals surface area contributed by atoms with Gasteiger partial charge in [-0.15, -0.1) is 0 Å². The first-order valence-electron chi connectivity index (χ1n) is 8.95. The third-order valence-electron chi connectivity index (χ3n) is 4.35. The Morgan fingerprint density at radius 3 is 2.59 bits per heavy atom. The number of hydrogen-bond donors (Lipinski definition) is 2. The molecule has 3 N–H and O–H groups in total. The highest BCUT2D eigenvalue weighted by Crippen LogP contribution is 2.21. The number of primary amides is 1. The lowest BCUT2D eigenvalue weighted by molar-refractivity contribution is -0.120. The maximum atomic E-state index is 12.6. The third-order valence-corrected chi connectivity index (χ3v) is 4.60. The molecule has 3 aromatic rings. The Kier molecular flexibility index (Phi) is 6.19. The van der Waals surface area contributed by atoms with Crippen LogP contribution >= 0.6 is 11.6 Å². The Balaban J connectivity index is 1.72. The number of nitrogens with zero attached hydrogens (tertiary/aromatic N) is 2. The van der Waals surface area contributed by atoms with Gasteiger partial charge in [0, 0.05) is 28.0 Å². The number of hydrogen-bond acceptors (Lipinski definition) is 4. The van der Waals surface area contributed by atoms with E-state index in [9.17, 15) is 9.59 Å². The van der Waals surface area contributed by atoms with Gasteiger partial charge in [0.05, 0.1) is 17.8 Å². The van der Waals surface area contributed by atoms with Gasteiger partial charge in [-0.2, -0.15) is 5.10 Å². The monoisotopic (exact) mass is 412 g/mol. The molecule has 0 saturated heterocycles. The smallest absolute Gasteiger partial charge is 0.255 e. The second-order valence-corrected chi connectivity index (χ2v) is 6.98. The van der Waals surface area contributed by atoms with Gasteiger partial charge in [-0.05, 0) is 50.2 Å². The molecule has 2 aromatic carbocycles. The zero-order chi connectivity index (χ0) is 21.0. The van der Waals surface area contributed by atoms with Crippen LogP contribution in [0.15, 0.2) is 48.5 Å². The van der Waals surface area contributed by atoms with Gasteiger partial charge < -0.3 is 15.8 Å². The molecule has 2 amide bonds. The van der Waals surface area contributed by atoms with Crippen LogP contribution in [-0.2, 0) is 16.0 Å². The first kappa shape index (κ1) is 20.4. The number of amides is 2. The summed E-state index contributed by atoms with van der Waals surface area (Å²) in [6.45, 7) is 3.58. The molecule has 0 aliphatic rings. The highest BCUT2D eigenvalue weighted by molar-refractivity contribution is 6.30. The third kappa shape index (κ3) is 5.14. The number of aromatic nitrogens is 2. The number of carbonyl (C=O) groups excluding carboxylic acids is 2. The fourth-order valence-electron chi connectivity index (χ4n) is 2.95. The molecule has 0 aliphatic carbocycles. The lowest BCUT2D eigenvalue weighted by Gasteiger charge is -2.09. The number of anilines is 1. The van der Waals surface area contributed by atoms with Crippen LogP contribution in [0.4, 0.5) is 5.69 Å². The highest BCUT2D eigenvalue weighted by atomic mass is 35.5. The second-order valence-electron chi connectivity index (χ2n) is 6.55. The van der Waals surface area contributed by atoms with E-state index in [1.165, 1.54) is 0 Å². The second kappa shape index (κ2) is 8.79. The van der Waals surface area contributed by atoms with Gasteiger partial charge >= 0.3 is 0 Å². The molecule has 0 fully saturated rings. The van der Waals surface area contributed by atoms with Gasteiger partial charge in [-0.25, -0.2) is 4.68 Å². The van der Waals surface area contributed by atoms with Gasteiger partial charge in [0.25, 0.3) is 5.91 Å². The molecule has 1 aromatic heterocycles. The molecular weight excluding hydrogens is 392 g/mol. The van der Waals surface area contributed by atoms with E-state index >= 15 is 0 Å². The molecule has 0 aliphatic heterocycles. The first-order chi connectivity index (χ1) is 13.8. The number of rotatable bonds is 7. The van der Waals surface area contributed by atoms with Crippen molar-refractivity contribution in [3.63, 3.8) is 0 Å². The van der Waals surface area contributed by atoms with Gasteiger partial charge in [0.1, 0.15) is 5.75 Å². The van der Waals surface area contributed by atoms with Crippen molar-refractivity contribution in [1.82, 2.24) is 9.78 Å². The Bertz CT molecular complexity index is 1040. The van der Waals surface area contributed by atoms with E-state index in [0.29, 0.717) is 16.5 Å². The fraction of sp³-hybridized carbons (Fsp3) is 0.190. The Labute approximate surface area is 173 Å². The number of benzene rings is 2. The van der Waals surface area contributed by atoms with Crippen molar-refractivity contribution >= 4 is 29.1 Å². The van der Waals surface area contributed by atoms with Crippen LogP contribution in [0.2, 0.25) is 5.02 Å². The molecule has 150 valence electrons. The van der Waals surface area contributed by atoms with Crippen molar-refractivity contribution < 1.29 is 14.3 Å². The van der Waals surface area contributed by atoms with Gasteiger partial charge in [0.2, 0.25) is 5.91 Å². The Morgan fingerprint density at radius 1 is 1.17 bits per heavy atom. The van der Waals surface area contributed by atoms with E-state index in [1.54, 1.807) is 41.1 Å². The molecule has 0 saturated carbocycles. The zero-order valence-electron chi connectivity index (χ0n) is 16.1. The van der Waals surface area contributed by atoms with Gasteiger partial charge in [-0.3, -0.25) is 9.59 Å². The average Bonchev–Trinajstić information content (AvgIpc) is 2.95. The fourth-order valence-corrected chi connectivity index (χ4v) is 3.07. The van der Waals surface area contributed by atoms with E-state index in [1.807, 2.05) is 26.0 Å². The lowest BCUT2D eigenvalue weighted by atomic mass is 10.1. The van der Waals surface area contributed by atoms with E-state index in [4.69, 9.17) is 22.1 Å². The minimum atomic E-state index is -0.567. The Hall–Kier alpha value is -3.32. The van der Waals surface area contributed by atoms with E-state index in [-0.39, 0.29) is 18.9 Å².